The van der Waals surface area contributed by atoms with Gasteiger partial charge in [0.1, 0.15) is 23.8 Å². The van der Waals surface area contributed by atoms with Gasteiger partial charge >= 0.3 is 0 Å². The largest absolute Gasteiger partial charge is 0.497 e. The summed E-state index contributed by atoms with van der Waals surface area (Å²) in [5, 5.41) is 0.0752. The first kappa shape index (κ1) is 30.7. The van der Waals surface area contributed by atoms with Gasteiger partial charge in [-0.1, -0.05) is 45.9 Å². The average Bonchev–Trinajstić information content (AvgIpc) is 3.07. The van der Waals surface area contributed by atoms with Crippen LogP contribution in [0.25, 0.3) is 0 Å². The van der Waals surface area contributed by atoms with Gasteiger partial charge in [0.05, 0.1) is 19.8 Å². The maximum absolute atomic E-state index is 16.0. The van der Waals surface area contributed by atoms with Gasteiger partial charge in [-0.2, -0.15) is 0 Å². The lowest BCUT2D eigenvalue weighted by molar-refractivity contribution is -0.158. The number of hydrogen-bond donors (Lipinski definition) is 0. The molecule has 2 rings (SSSR count). The summed E-state index contributed by atoms with van der Waals surface area (Å²) in [6.07, 6.45) is 1.87. The quantitative estimate of drug-likeness (QED) is 0.209. The summed E-state index contributed by atoms with van der Waals surface area (Å²) >= 11 is 0. The van der Waals surface area contributed by atoms with E-state index in [9.17, 15) is 0 Å². The third kappa shape index (κ3) is 8.25. The predicted octanol–water partition coefficient (Wildman–Crippen LogP) is 7.58. The zero-order valence-corrected chi connectivity index (χ0v) is 24.9. The summed E-state index contributed by atoms with van der Waals surface area (Å²) in [5.74, 6) is -0.613. The zero-order valence-electron chi connectivity index (χ0n) is 23.9. The Balaban J connectivity index is 2.29. The van der Waals surface area contributed by atoms with Crippen molar-refractivity contribution in [2.24, 2.45) is 5.92 Å². The van der Waals surface area contributed by atoms with Crippen LogP contribution in [0.1, 0.15) is 60.5 Å². The zero-order chi connectivity index (χ0) is 27.3. The lowest BCUT2D eigenvalue weighted by Crippen LogP contribution is -2.44. The molecule has 5 atom stereocenters. The number of halogens is 1. The van der Waals surface area contributed by atoms with E-state index in [0.717, 1.165) is 11.3 Å². The van der Waals surface area contributed by atoms with Crippen molar-refractivity contribution in [2.75, 3.05) is 7.11 Å². The van der Waals surface area contributed by atoms with Crippen LogP contribution in [0.2, 0.25) is 18.1 Å². The Morgan fingerprint density at radius 1 is 1.17 bits per heavy atom. The molecule has 0 saturated carbocycles. The lowest BCUT2D eigenvalue weighted by atomic mass is 9.99. The standard InChI is InChI=1S/C29H47FO5Si/c1-12-13-25-27(34-29(7,8)33-25)26(32-19-22-14-16-23(31-9)17-15-22)24(30)18-20(2)21(3)35-36(10,11)28(4,5)6/h12,14-18,20-21,25-27H,1,13,19H2,2-11H3/b24-18+/t20-,21?,25?,26?,27?/m1/s1. The highest BCUT2D eigenvalue weighted by atomic mass is 28.4. The molecule has 0 aromatic heterocycles. The number of methoxy groups -OCH3 is 1. The first-order chi connectivity index (χ1) is 16.6. The lowest BCUT2D eigenvalue weighted by Gasteiger charge is -2.39. The van der Waals surface area contributed by atoms with E-state index >= 15 is 4.39 Å². The molecular weight excluding hydrogens is 475 g/mol. The predicted molar refractivity (Wildman–Crippen MR) is 146 cm³/mol. The fourth-order valence-corrected chi connectivity index (χ4v) is 5.43. The van der Waals surface area contributed by atoms with Gasteiger partial charge in [0.2, 0.25) is 0 Å². The van der Waals surface area contributed by atoms with Gasteiger partial charge in [-0.25, -0.2) is 4.39 Å². The first-order valence-corrected chi connectivity index (χ1v) is 15.8. The smallest absolute Gasteiger partial charge is 0.192 e. The summed E-state index contributed by atoms with van der Waals surface area (Å²) in [6.45, 7) is 22.8. The van der Waals surface area contributed by atoms with E-state index in [4.69, 9.17) is 23.4 Å². The Morgan fingerprint density at radius 3 is 2.31 bits per heavy atom. The van der Waals surface area contributed by atoms with E-state index in [0.29, 0.717) is 6.42 Å². The fraction of sp³-hybridized carbons (Fsp3) is 0.655. The minimum Gasteiger partial charge on any atom is -0.497 e. The molecule has 0 spiro atoms. The molecule has 0 aliphatic carbocycles. The topological polar surface area (TPSA) is 46.2 Å². The van der Waals surface area contributed by atoms with Crippen molar-refractivity contribution in [2.45, 2.75) is 110 Å². The van der Waals surface area contributed by atoms with E-state index in [2.05, 4.69) is 40.4 Å². The molecule has 7 heteroatoms. The van der Waals surface area contributed by atoms with Gasteiger partial charge in [-0.05, 0) is 69.1 Å². The SMILES string of the molecule is C=CCC1OC(C)(C)OC1C(OCc1ccc(OC)cc1)/C(F)=C\[C@@H](C)C(C)O[Si](C)(C)C(C)(C)C. The Hall–Kier alpha value is -1.51. The molecule has 4 unspecified atom stereocenters. The van der Waals surface area contributed by atoms with Crippen molar-refractivity contribution < 1.29 is 27.8 Å². The monoisotopic (exact) mass is 522 g/mol. The second-order valence-corrected chi connectivity index (χ2v) is 16.5. The Morgan fingerprint density at radius 2 is 1.78 bits per heavy atom. The van der Waals surface area contributed by atoms with Crippen LogP contribution >= 0.6 is 0 Å². The molecule has 1 aliphatic heterocycles. The van der Waals surface area contributed by atoms with Gasteiger partial charge < -0.3 is 23.4 Å². The Labute approximate surface area is 219 Å². The van der Waals surface area contributed by atoms with Crippen LogP contribution in [0.3, 0.4) is 0 Å². The van der Waals surface area contributed by atoms with Crippen LogP contribution < -0.4 is 4.74 Å². The van der Waals surface area contributed by atoms with E-state index < -0.39 is 26.3 Å². The van der Waals surface area contributed by atoms with Gasteiger partial charge in [0.25, 0.3) is 0 Å². The van der Waals surface area contributed by atoms with E-state index in [1.807, 2.05) is 52.0 Å². The molecule has 0 bridgehead atoms. The summed E-state index contributed by atoms with van der Waals surface area (Å²) < 4.78 is 46.2. The summed E-state index contributed by atoms with van der Waals surface area (Å²) in [7, 11) is -0.369. The highest BCUT2D eigenvalue weighted by Gasteiger charge is 2.47. The third-order valence-corrected chi connectivity index (χ3v) is 11.8. The fourth-order valence-electron chi connectivity index (χ4n) is 3.94. The van der Waals surface area contributed by atoms with Crippen molar-refractivity contribution in [3.8, 4) is 5.75 Å². The van der Waals surface area contributed by atoms with Crippen molar-refractivity contribution in [3.05, 3.63) is 54.4 Å². The van der Waals surface area contributed by atoms with Crippen LogP contribution in [0.4, 0.5) is 4.39 Å². The molecule has 5 nitrogen and oxygen atoms in total. The van der Waals surface area contributed by atoms with Gasteiger partial charge in [-0.3, -0.25) is 0 Å². The summed E-state index contributed by atoms with van der Waals surface area (Å²) in [4.78, 5) is 0. The molecule has 1 aliphatic rings. The molecule has 1 fully saturated rings. The number of benzene rings is 1. The normalized spacial score (nSPS) is 23.2. The molecule has 1 aromatic rings. The average molecular weight is 523 g/mol. The van der Waals surface area contributed by atoms with Crippen LogP contribution in [-0.2, 0) is 25.2 Å². The summed E-state index contributed by atoms with van der Waals surface area (Å²) in [5.41, 5.74) is 0.912. The number of hydrogen-bond acceptors (Lipinski definition) is 5. The molecule has 0 radical (unpaired) electrons. The second-order valence-electron chi connectivity index (χ2n) is 11.7. The van der Waals surface area contributed by atoms with Crippen LogP contribution in [0.5, 0.6) is 5.75 Å². The molecule has 36 heavy (non-hydrogen) atoms. The molecular formula is C29H47FO5Si. The highest BCUT2D eigenvalue weighted by molar-refractivity contribution is 6.74. The number of ether oxygens (including phenoxy) is 4. The van der Waals surface area contributed by atoms with E-state index in [-0.39, 0.29) is 35.6 Å². The Bertz CT molecular complexity index is 875. The van der Waals surface area contributed by atoms with Crippen molar-refractivity contribution in [3.63, 3.8) is 0 Å². The Kier molecular flexibility index (Phi) is 10.5. The third-order valence-electron chi connectivity index (χ3n) is 7.23. The maximum Gasteiger partial charge on any atom is 0.192 e. The maximum atomic E-state index is 16.0. The van der Waals surface area contributed by atoms with Crippen molar-refractivity contribution >= 4 is 8.32 Å². The molecule has 1 aromatic carbocycles. The van der Waals surface area contributed by atoms with Gasteiger partial charge in [0, 0.05) is 12.0 Å². The van der Waals surface area contributed by atoms with Crippen LogP contribution in [0.15, 0.2) is 48.8 Å². The minimum absolute atomic E-state index is 0.0752. The first-order valence-electron chi connectivity index (χ1n) is 12.9. The number of rotatable bonds is 12. The molecule has 1 heterocycles. The second kappa shape index (κ2) is 12.4. The van der Waals surface area contributed by atoms with E-state index in [1.165, 1.54) is 0 Å². The van der Waals surface area contributed by atoms with Gasteiger partial charge in [0.15, 0.2) is 14.1 Å². The van der Waals surface area contributed by atoms with Crippen LogP contribution in [0, 0.1) is 5.92 Å². The highest BCUT2D eigenvalue weighted by Crippen LogP contribution is 2.39. The van der Waals surface area contributed by atoms with Crippen molar-refractivity contribution in [1.82, 2.24) is 0 Å². The molecule has 204 valence electrons. The van der Waals surface area contributed by atoms with Crippen LogP contribution in [-0.4, -0.2) is 45.6 Å². The molecule has 0 amide bonds. The molecule has 0 N–H and O–H groups in total. The summed E-state index contributed by atoms with van der Waals surface area (Å²) in [6, 6.07) is 7.54. The van der Waals surface area contributed by atoms with Crippen molar-refractivity contribution in [1.29, 1.82) is 0 Å². The van der Waals surface area contributed by atoms with Gasteiger partial charge in [-0.15, -0.1) is 6.58 Å². The minimum atomic E-state index is -1.99. The van der Waals surface area contributed by atoms with E-state index in [1.54, 1.807) is 19.3 Å². The molecule has 1 saturated heterocycles.